The lowest BCUT2D eigenvalue weighted by Gasteiger charge is -2.10. The molecule has 0 spiro atoms. The minimum absolute atomic E-state index is 0.280. The van der Waals surface area contributed by atoms with E-state index in [1.54, 1.807) is 13.0 Å². The van der Waals surface area contributed by atoms with Crippen molar-refractivity contribution in [2.75, 3.05) is 5.32 Å². The largest absolute Gasteiger partial charge is 0.362 e. The van der Waals surface area contributed by atoms with Gasteiger partial charge >= 0.3 is 0 Å². The van der Waals surface area contributed by atoms with Crippen LogP contribution in [0.2, 0.25) is 0 Å². The Labute approximate surface area is 92.7 Å². The molecule has 3 nitrogen and oxygen atoms in total. The van der Waals surface area contributed by atoms with Crippen molar-refractivity contribution in [2.45, 2.75) is 19.8 Å². The van der Waals surface area contributed by atoms with Crippen LogP contribution in [0.25, 0.3) is 0 Å². The molecule has 0 radical (unpaired) electrons. The fraction of sp³-hybridized carbons (Fsp3) is 0.273. The molecule has 2 N–H and O–H groups in total. The first-order valence-corrected chi connectivity index (χ1v) is 4.72. The van der Waals surface area contributed by atoms with E-state index >= 15 is 0 Å². The summed E-state index contributed by atoms with van der Waals surface area (Å²) in [4.78, 5) is 3.60. The Kier molecular flexibility index (Phi) is 3.71. The van der Waals surface area contributed by atoms with Crippen LogP contribution in [0.3, 0.4) is 0 Å². The zero-order valence-electron chi connectivity index (χ0n) is 9.09. The van der Waals surface area contributed by atoms with E-state index in [0.29, 0.717) is 11.4 Å². The molecule has 0 fully saturated rings. The van der Waals surface area contributed by atoms with Crippen molar-refractivity contribution in [2.24, 2.45) is 0 Å². The number of allylic oxidation sites excluding steroid dienone is 1. The first-order chi connectivity index (χ1) is 7.39. The van der Waals surface area contributed by atoms with E-state index in [-0.39, 0.29) is 5.69 Å². The van der Waals surface area contributed by atoms with Gasteiger partial charge in [0.05, 0.1) is 0 Å². The maximum Gasteiger partial charge on any atom is 0.287 e. The summed E-state index contributed by atoms with van der Waals surface area (Å²) >= 11 is 0. The van der Waals surface area contributed by atoms with Crippen LogP contribution < -0.4 is 5.32 Å². The predicted octanol–water partition coefficient (Wildman–Crippen LogP) is 3.16. The van der Waals surface area contributed by atoms with Gasteiger partial charge in [-0.25, -0.2) is 0 Å². The van der Waals surface area contributed by atoms with Crippen LogP contribution in [0, 0.1) is 5.41 Å². The van der Waals surface area contributed by atoms with Crippen molar-refractivity contribution in [3.05, 3.63) is 36.3 Å². The second kappa shape index (κ2) is 4.83. The monoisotopic (exact) mass is 225 g/mol. The van der Waals surface area contributed by atoms with Crippen molar-refractivity contribution in [1.29, 1.82) is 5.41 Å². The van der Waals surface area contributed by atoms with Gasteiger partial charge in [-0.3, -0.25) is 4.98 Å². The van der Waals surface area contributed by atoms with Crippen molar-refractivity contribution >= 4 is 11.4 Å². The molecule has 0 amide bonds. The van der Waals surface area contributed by atoms with Gasteiger partial charge in [-0.1, -0.05) is 0 Å². The third-order valence-electron chi connectivity index (χ3n) is 1.79. The van der Waals surface area contributed by atoms with Gasteiger partial charge in [-0.05, 0) is 25.1 Å². The highest BCUT2D eigenvalue weighted by molar-refractivity contribution is 5.90. The van der Waals surface area contributed by atoms with Gasteiger partial charge in [0, 0.05) is 30.7 Å². The van der Waals surface area contributed by atoms with Crippen LogP contribution in [-0.4, -0.2) is 10.7 Å². The summed E-state index contributed by atoms with van der Waals surface area (Å²) < 4.78 is 25.9. The predicted molar refractivity (Wildman–Crippen MR) is 60.0 cm³/mol. The first-order valence-electron chi connectivity index (χ1n) is 4.72. The molecule has 16 heavy (non-hydrogen) atoms. The lowest BCUT2D eigenvalue weighted by atomic mass is 10.2. The van der Waals surface area contributed by atoms with Gasteiger partial charge in [-0.15, -0.1) is 0 Å². The lowest BCUT2D eigenvalue weighted by molar-refractivity contribution is 0.0128. The second-order valence-corrected chi connectivity index (χ2v) is 3.48. The Balaban J connectivity index is 2.79. The fourth-order valence-corrected chi connectivity index (χ4v) is 1.02. The van der Waals surface area contributed by atoms with Crippen molar-refractivity contribution in [1.82, 2.24) is 4.98 Å². The smallest absolute Gasteiger partial charge is 0.287 e. The van der Waals surface area contributed by atoms with Gasteiger partial charge in [0.15, 0.2) is 0 Å². The number of pyridine rings is 1. The topological polar surface area (TPSA) is 48.8 Å². The van der Waals surface area contributed by atoms with E-state index in [0.717, 1.165) is 6.92 Å². The zero-order chi connectivity index (χ0) is 12.2. The Morgan fingerprint density at radius 2 is 2.25 bits per heavy atom. The third kappa shape index (κ3) is 3.76. The number of nitrogens with zero attached hydrogens (tertiary/aromatic N) is 1. The van der Waals surface area contributed by atoms with Crippen LogP contribution in [0.4, 0.5) is 14.5 Å². The second-order valence-electron chi connectivity index (χ2n) is 3.48. The minimum atomic E-state index is -2.95. The molecule has 0 saturated carbocycles. The van der Waals surface area contributed by atoms with E-state index in [1.807, 2.05) is 0 Å². The van der Waals surface area contributed by atoms with Gasteiger partial charge in [0.2, 0.25) is 0 Å². The summed E-state index contributed by atoms with van der Waals surface area (Å²) in [6.07, 6.45) is 4.37. The molecular weight excluding hydrogens is 212 g/mol. The number of alkyl halides is 2. The maximum atomic E-state index is 12.9. The van der Waals surface area contributed by atoms with Gasteiger partial charge in [0.25, 0.3) is 5.92 Å². The molecule has 0 aliphatic heterocycles. The van der Waals surface area contributed by atoms with Gasteiger partial charge in [-0.2, -0.15) is 8.78 Å². The third-order valence-corrected chi connectivity index (χ3v) is 1.79. The summed E-state index contributed by atoms with van der Waals surface area (Å²) in [7, 11) is 0. The lowest BCUT2D eigenvalue weighted by Crippen LogP contribution is -2.09. The highest BCUT2D eigenvalue weighted by Gasteiger charge is 2.25. The van der Waals surface area contributed by atoms with Crippen LogP contribution in [-0.2, 0) is 5.92 Å². The van der Waals surface area contributed by atoms with Gasteiger partial charge in [0.1, 0.15) is 5.69 Å². The SMILES string of the molecule is CC(=N)/C=C\Nc1ccnc(C(C)(F)F)c1. The average molecular weight is 225 g/mol. The highest BCUT2D eigenvalue weighted by atomic mass is 19.3. The summed E-state index contributed by atoms with van der Waals surface area (Å²) in [5.41, 5.74) is 0.615. The van der Waals surface area contributed by atoms with Crippen LogP contribution >= 0.6 is 0 Å². The number of halogens is 2. The van der Waals surface area contributed by atoms with Crippen molar-refractivity contribution < 1.29 is 8.78 Å². The molecule has 86 valence electrons. The van der Waals surface area contributed by atoms with Crippen molar-refractivity contribution in [3.8, 4) is 0 Å². The number of nitrogens with one attached hydrogen (secondary N) is 2. The van der Waals surface area contributed by atoms with E-state index in [9.17, 15) is 8.78 Å². The number of anilines is 1. The molecule has 0 bridgehead atoms. The molecule has 0 aliphatic carbocycles. The van der Waals surface area contributed by atoms with E-state index in [1.165, 1.54) is 24.5 Å². The van der Waals surface area contributed by atoms with E-state index < -0.39 is 5.92 Å². The molecule has 0 aromatic carbocycles. The van der Waals surface area contributed by atoms with Gasteiger partial charge < -0.3 is 10.7 Å². The first kappa shape index (κ1) is 12.3. The molecular formula is C11H13F2N3. The Bertz CT molecular complexity index is 408. The molecule has 0 saturated heterocycles. The minimum Gasteiger partial charge on any atom is -0.362 e. The molecule has 1 heterocycles. The normalized spacial score (nSPS) is 11.8. The van der Waals surface area contributed by atoms with Crippen LogP contribution in [0.5, 0.6) is 0 Å². The summed E-state index contributed by atoms with van der Waals surface area (Å²) in [6.45, 7) is 2.42. The van der Waals surface area contributed by atoms with E-state index in [4.69, 9.17) is 5.41 Å². The standard InChI is InChI=1S/C11H13F2N3/c1-8(14)3-5-15-9-4-6-16-10(7-9)11(2,12)13/h3-7,14H,1-2H3,(H,15,16)/b5-3-,14-8?. The summed E-state index contributed by atoms with van der Waals surface area (Å²) in [6, 6.07) is 2.86. The van der Waals surface area contributed by atoms with Crippen LogP contribution in [0.15, 0.2) is 30.6 Å². The maximum absolute atomic E-state index is 12.9. The molecule has 0 aliphatic rings. The van der Waals surface area contributed by atoms with Crippen molar-refractivity contribution in [3.63, 3.8) is 0 Å². The Morgan fingerprint density at radius 3 is 2.81 bits per heavy atom. The Morgan fingerprint density at radius 1 is 1.56 bits per heavy atom. The molecule has 0 atom stereocenters. The molecule has 1 aromatic heterocycles. The summed E-state index contributed by atoms with van der Waals surface area (Å²) in [5.74, 6) is -2.95. The molecule has 1 aromatic rings. The number of hydrogen-bond donors (Lipinski definition) is 2. The van der Waals surface area contributed by atoms with E-state index in [2.05, 4.69) is 10.3 Å². The summed E-state index contributed by atoms with van der Waals surface area (Å²) in [5, 5.41) is 9.94. The zero-order valence-corrected chi connectivity index (χ0v) is 9.09. The molecule has 5 heteroatoms. The fourth-order valence-electron chi connectivity index (χ4n) is 1.02. The Hall–Kier alpha value is -1.78. The molecule has 1 rings (SSSR count). The quantitative estimate of drug-likeness (QED) is 0.773. The number of rotatable bonds is 4. The average Bonchev–Trinajstić information content (AvgIpc) is 2.16. The number of aromatic nitrogens is 1. The van der Waals surface area contributed by atoms with Crippen LogP contribution in [0.1, 0.15) is 19.5 Å². The number of hydrogen-bond acceptors (Lipinski definition) is 3. The molecule has 0 unspecified atom stereocenters. The highest BCUT2D eigenvalue weighted by Crippen LogP contribution is 2.26.